The molecule has 0 amide bonds. The molecule has 142 valence electrons. The van der Waals surface area contributed by atoms with Gasteiger partial charge in [0.1, 0.15) is 0 Å². The second-order valence-electron chi connectivity index (χ2n) is 9.69. The first-order chi connectivity index (χ1) is 11.0. The van der Waals surface area contributed by atoms with Gasteiger partial charge in [0.2, 0.25) is 0 Å². The summed E-state index contributed by atoms with van der Waals surface area (Å²) in [6.45, 7) is 16.7. The van der Waals surface area contributed by atoms with Crippen molar-refractivity contribution >= 4 is 17.2 Å². The Hall–Kier alpha value is 0.200. The molecule has 0 saturated heterocycles. The van der Waals surface area contributed by atoms with E-state index in [1.165, 1.54) is 50.8 Å². The van der Waals surface area contributed by atoms with Crippen LogP contribution in [0.5, 0.6) is 0 Å². The van der Waals surface area contributed by atoms with Crippen molar-refractivity contribution in [1.29, 1.82) is 0 Å². The van der Waals surface area contributed by atoms with Crippen molar-refractivity contribution in [3.63, 3.8) is 0 Å². The van der Waals surface area contributed by atoms with Gasteiger partial charge in [0.25, 0.3) is 0 Å². The number of allylic oxidation sites excluding steroid dienone is 4. The zero-order valence-corrected chi connectivity index (χ0v) is 19.1. The number of halogens is 1. The van der Waals surface area contributed by atoms with Crippen LogP contribution in [0.1, 0.15) is 93.4 Å². The van der Waals surface area contributed by atoms with E-state index in [0.29, 0.717) is 5.41 Å². The normalized spacial score (nSPS) is 17.7. The first-order valence-electron chi connectivity index (χ1n) is 10.1. The molecule has 0 aromatic carbocycles. The van der Waals surface area contributed by atoms with E-state index in [1.54, 1.807) is 5.31 Å². The van der Waals surface area contributed by atoms with Gasteiger partial charge in [-0.3, -0.25) is 0 Å². The fourth-order valence-corrected chi connectivity index (χ4v) is 11.8. The minimum atomic E-state index is -2.46. The van der Waals surface area contributed by atoms with Gasteiger partial charge in [-0.25, -0.2) is 0 Å². The van der Waals surface area contributed by atoms with Gasteiger partial charge in [-0.15, -0.1) is 0 Å². The minimum absolute atomic E-state index is 0.211. The van der Waals surface area contributed by atoms with Crippen molar-refractivity contribution < 1.29 is 0 Å². The Morgan fingerprint density at radius 1 is 0.958 bits per heavy atom. The first kappa shape index (κ1) is 22.2. The molecule has 0 atom stereocenters. The summed E-state index contributed by atoms with van der Waals surface area (Å²) in [5, 5.41) is 1.81. The molecule has 0 N–H and O–H groups in total. The monoisotopic (exact) mass is 372 g/mol. The van der Waals surface area contributed by atoms with Crippen molar-refractivity contribution in [2.45, 2.75) is 98.6 Å². The molecule has 0 bridgehead atoms. The molecular weight excluding hydrogens is 331 g/mol. The number of unbranched alkanes of at least 4 members (excludes halogenated alkanes) is 2. The quantitative estimate of drug-likeness (QED) is 0.336. The predicted octanol–water partition coefficient (Wildman–Crippen LogP) is 8.74. The average Bonchev–Trinajstić information content (AvgIpc) is 3.04. The Labute approximate surface area is 157 Å². The Morgan fingerprint density at radius 3 is 1.88 bits per heavy atom. The molecule has 0 spiro atoms. The van der Waals surface area contributed by atoms with E-state index < -0.39 is 5.96 Å². The van der Waals surface area contributed by atoms with Gasteiger partial charge in [0, 0.05) is 0 Å². The summed E-state index contributed by atoms with van der Waals surface area (Å²) in [5.74, 6) is -2.46. The van der Waals surface area contributed by atoms with Crippen LogP contribution >= 0.6 is 17.2 Å². The Bertz CT molecular complexity index is 457. The van der Waals surface area contributed by atoms with Crippen molar-refractivity contribution in [2.24, 2.45) is 5.41 Å². The van der Waals surface area contributed by atoms with Crippen LogP contribution < -0.4 is 0 Å². The van der Waals surface area contributed by atoms with Gasteiger partial charge in [-0.2, -0.15) is 0 Å². The van der Waals surface area contributed by atoms with Crippen LogP contribution in [0.25, 0.3) is 0 Å². The van der Waals surface area contributed by atoms with Crippen LogP contribution in [0.3, 0.4) is 0 Å². The van der Waals surface area contributed by atoms with Gasteiger partial charge in [0.05, 0.1) is 0 Å². The molecule has 1 aliphatic rings. The van der Waals surface area contributed by atoms with Gasteiger partial charge in [-0.05, 0) is 0 Å². The van der Waals surface area contributed by atoms with Crippen molar-refractivity contribution in [3.8, 4) is 0 Å². The molecule has 24 heavy (non-hydrogen) atoms. The standard InChI is InChI=1S/C22H42ClP/c1-8-10-18-24(23,19-11-9-2,20-14-12-13-15-20)22(6,7)17-16-21(3,4)5/h12-14H,8-11,15-19H2,1-7H3. The molecule has 0 aromatic heterocycles. The van der Waals surface area contributed by atoms with Crippen LogP contribution in [0, 0.1) is 5.41 Å². The second kappa shape index (κ2) is 8.26. The molecule has 0 nitrogen and oxygen atoms in total. The number of hydrogen-bond donors (Lipinski definition) is 0. The zero-order chi connectivity index (χ0) is 18.5. The van der Waals surface area contributed by atoms with Gasteiger partial charge in [-0.1, -0.05) is 0 Å². The molecule has 0 fully saturated rings. The summed E-state index contributed by atoms with van der Waals surface area (Å²) in [5.41, 5.74) is 0.376. The Morgan fingerprint density at radius 2 is 1.50 bits per heavy atom. The van der Waals surface area contributed by atoms with E-state index >= 15 is 0 Å². The van der Waals surface area contributed by atoms with Gasteiger partial charge in [0.15, 0.2) is 0 Å². The SMILES string of the molecule is CCCCP(Cl)(CCCC)(C1=CC=CC1)C(C)(C)CCC(C)(C)C. The summed E-state index contributed by atoms with van der Waals surface area (Å²) < 4.78 is 0. The maximum atomic E-state index is 8.00. The fourth-order valence-electron chi connectivity index (χ4n) is 4.12. The Balaban J connectivity index is 3.31. The summed E-state index contributed by atoms with van der Waals surface area (Å²) in [7, 11) is 0. The molecule has 0 aromatic rings. The Kier molecular flexibility index (Phi) is 7.66. The fraction of sp³-hybridized carbons (Fsp3) is 0.818. The molecule has 0 aliphatic heterocycles. The molecular formula is C22H42ClP. The summed E-state index contributed by atoms with van der Waals surface area (Å²) in [6.07, 6.45) is 18.0. The first-order valence-corrected chi connectivity index (χ1v) is 13.6. The molecule has 0 unspecified atom stereocenters. The number of hydrogen-bond acceptors (Lipinski definition) is 0. The van der Waals surface area contributed by atoms with Crippen LogP contribution in [0.2, 0.25) is 0 Å². The maximum absolute atomic E-state index is 8.00. The van der Waals surface area contributed by atoms with Crippen LogP contribution in [0.15, 0.2) is 23.5 Å². The predicted molar refractivity (Wildman–Crippen MR) is 117 cm³/mol. The third kappa shape index (κ3) is 4.67. The topological polar surface area (TPSA) is 0 Å². The van der Waals surface area contributed by atoms with Crippen molar-refractivity contribution in [3.05, 3.63) is 23.5 Å². The van der Waals surface area contributed by atoms with Crippen LogP contribution in [0.4, 0.5) is 0 Å². The van der Waals surface area contributed by atoms with E-state index in [2.05, 4.69) is 66.7 Å². The molecule has 0 heterocycles. The second-order valence-corrected chi connectivity index (χ2v) is 17.6. The van der Waals surface area contributed by atoms with E-state index in [4.69, 9.17) is 11.2 Å². The van der Waals surface area contributed by atoms with E-state index in [1.807, 2.05) is 0 Å². The summed E-state index contributed by atoms with van der Waals surface area (Å²) in [6, 6.07) is 0. The molecule has 0 radical (unpaired) electrons. The molecule has 0 saturated carbocycles. The third-order valence-corrected chi connectivity index (χ3v) is 16.4. The molecule has 2 heteroatoms. The number of rotatable bonds is 10. The van der Waals surface area contributed by atoms with E-state index in [9.17, 15) is 0 Å². The summed E-state index contributed by atoms with van der Waals surface area (Å²) in [4.78, 5) is 0. The van der Waals surface area contributed by atoms with E-state index in [0.717, 1.165) is 6.42 Å². The van der Waals surface area contributed by atoms with Crippen molar-refractivity contribution in [2.75, 3.05) is 12.3 Å². The summed E-state index contributed by atoms with van der Waals surface area (Å²) >= 11 is 8.00. The van der Waals surface area contributed by atoms with Gasteiger partial charge < -0.3 is 0 Å². The van der Waals surface area contributed by atoms with Crippen molar-refractivity contribution in [1.82, 2.24) is 0 Å². The van der Waals surface area contributed by atoms with Gasteiger partial charge >= 0.3 is 157 Å². The zero-order valence-electron chi connectivity index (χ0n) is 17.4. The van der Waals surface area contributed by atoms with Crippen LogP contribution in [-0.2, 0) is 0 Å². The third-order valence-electron chi connectivity index (χ3n) is 6.24. The average molecular weight is 373 g/mol. The molecule has 1 rings (SSSR count). The molecule has 1 aliphatic carbocycles. The van der Waals surface area contributed by atoms with Crippen LogP contribution in [-0.4, -0.2) is 17.5 Å². The van der Waals surface area contributed by atoms with E-state index in [-0.39, 0.29) is 5.16 Å².